The van der Waals surface area contributed by atoms with Crippen LogP contribution in [0, 0.1) is 5.82 Å². The molecule has 0 aliphatic carbocycles. The van der Waals surface area contributed by atoms with Gasteiger partial charge in [-0.1, -0.05) is 6.07 Å². The molecular formula is C19H20F4N4O. The van der Waals surface area contributed by atoms with E-state index in [0.29, 0.717) is 37.3 Å². The third kappa shape index (κ3) is 3.39. The molecule has 0 unspecified atom stereocenters. The zero-order valence-corrected chi connectivity index (χ0v) is 15.4. The number of hydrogen-bond donors (Lipinski definition) is 0. The molecule has 1 aromatic carbocycles. The molecule has 0 radical (unpaired) electrons. The number of rotatable bonds is 3. The van der Waals surface area contributed by atoms with Crippen LogP contribution in [0.15, 0.2) is 18.2 Å². The van der Waals surface area contributed by atoms with E-state index in [1.165, 1.54) is 16.8 Å². The highest BCUT2D eigenvalue weighted by Gasteiger charge is 2.40. The second kappa shape index (κ2) is 6.88. The molecule has 3 heterocycles. The van der Waals surface area contributed by atoms with Gasteiger partial charge in [-0.15, -0.1) is 0 Å². The first-order valence-corrected chi connectivity index (χ1v) is 9.17. The predicted octanol–water partition coefficient (Wildman–Crippen LogP) is 3.14. The molecule has 150 valence electrons. The van der Waals surface area contributed by atoms with Gasteiger partial charge in [0.15, 0.2) is 5.69 Å². The topological polar surface area (TPSA) is 41.4 Å². The summed E-state index contributed by atoms with van der Waals surface area (Å²) >= 11 is 0. The molecule has 5 nitrogen and oxygen atoms in total. The lowest BCUT2D eigenvalue weighted by molar-refractivity contribution is -0.142. The Morgan fingerprint density at radius 1 is 1.18 bits per heavy atom. The second-order valence-corrected chi connectivity index (χ2v) is 7.37. The summed E-state index contributed by atoms with van der Waals surface area (Å²) < 4.78 is 56.1. The summed E-state index contributed by atoms with van der Waals surface area (Å²) in [5.74, 6) is -0.568. The molecule has 0 atom stereocenters. The maximum Gasteiger partial charge on any atom is 0.435 e. The van der Waals surface area contributed by atoms with Crippen molar-refractivity contribution in [3.8, 4) is 5.69 Å². The van der Waals surface area contributed by atoms with Crippen molar-refractivity contribution >= 4 is 5.91 Å². The quantitative estimate of drug-likeness (QED) is 0.749. The van der Waals surface area contributed by atoms with Crippen LogP contribution >= 0.6 is 0 Å². The van der Waals surface area contributed by atoms with Crippen molar-refractivity contribution in [3.63, 3.8) is 0 Å². The van der Waals surface area contributed by atoms with E-state index in [4.69, 9.17) is 0 Å². The Kier molecular flexibility index (Phi) is 4.65. The van der Waals surface area contributed by atoms with E-state index < -0.39 is 17.7 Å². The van der Waals surface area contributed by atoms with E-state index >= 15 is 0 Å². The molecule has 0 saturated carbocycles. The van der Waals surface area contributed by atoms with Crippen molar-refractivity contribution in [2.24, 2.45) is 0 Å². The van der Waals surface area contributed by atoms with E-state index in [2.05, 4.69) is 5.10 Å². The summed E-state index contributed by atoms with van der Waals surface area (Å²) in [6, 6.07) is 4.27. The number of benzene rings is 1. The van der Waals surface area contributed by atoms with Gasteiger partial charge in [0, 0.05) is 43.7 Å². The minimum absolute atomic E-state index is 0.0116. The Balaban J connectivity index is 1.70. The first kappa shape index (κ1) is 18.9. The van der Waals surface area contributed by atoms with Crippen LogP contribution in [0.25, 0.3) is 5.69 Å². The fourth-order valence-electron chi connectivity index (χ4n) is 3.86. The van der Waals surface area contributed by atoms with Crippen molar-refractivity contribution in [2.75, 3.05) is 20.1 Å². The number of aromatic nitrogens is 2. The van der Waals surface area contributed by atoms with Gasteiger partial charge in [-0.05, 0) is 32.0 Å². The van der Waals surface area contributed by atoms with Gasteiger partial charge in [0.05, 0.1) is 11.4 Å². The molecule has 4 rings (SSSR count). The first-order chi connectivity index (χ1) is 13.2. The Bertz CT molecular complexity index is 921. The number of carbonyl (C=O) groups excluding carboxylic acids is 1. The third-order valence-electron chi connectivity index (χ3n) is 5.34. The van der Waals surface area contributed by atoms with E-state index in [1.807, 2.05) is 11.9 Å². The maximum absolute atomic E-state index is 14.7. The molecule has 1 aromatic heterocycles. The van der Waals surface area contributed by atoms with E-state index in [9.17, 15) is 22.4 Å². The molecule has 2 aliphatic rings. The van der Waals surface area contributed by atoms with Crippen LogP contribution < -0.4 is 0 Å². The highest BCUT2D eigenvalue weighted by molar-refractivity contribution is 5.78. The first-order valence-electron chi connectivity index (χ1n) is 9.17. The molecule has 0 spiro atoms. The molecule has 0 N–H and O–H groups in total. The molecule has 1 amide bonds. The van der Waals surface area contributed by atoms with E-state index in [-0.39, 0.29) is 30.1 Å². The van der Waals surface area contributed by atoms with Gasteiger partial charge in [-0.3, -0.25) is 4.79 Å². The number of fused-ring (bicyclic) bond motifs is 1. The fraction of sp³-hybridized carbons (Fsp3) is 0.474. The predicted molar refractivity (Wildman–Crippen MR) is 93.2 cm³/mol. The van der Waals surface area contributed by atoms with Gasteiger partial charge in [0.1, 0.15) is 5.82 Å². The van der Waals surface area contributed by atoms with Crippen molar-refractivity contribution in [3.05, 3.63) is 46.5 Å². The van der Waals surface area contributed by atoms with Gasteiger partial charge in [0.25, 0.3) is 0 Å². The summed E-state index contributed by atoms with van der Waals surface area (Å²) in [5, 5.41) is 3.79. The Morgan fingerprint density at radius 3 is 2.61 bits per heavy atom. The lowest BCUT2D eigenvalue weighted by Gasteiger charge is -2.24. The SMILES string of the molecule is CN1CCc2c(C(F)(F)F)nn(-c3ccc(CN4CCCC4=O)c(F)c3)c2C1. The monoisotopic (exact) mass is 396 g/mol. The smallest absolute Gasteiger partial charge is 0.338 e. The molecule has 0 bridgehead atoms. The minimum Gasteiger partial charge on any atom is -0.338 e. The molecular weight excluding hydrogens is 376 g/mol. The lowest BCUT2D eigenvalue weighted by Crippen LogP contribution is -2.28. The maximum atomic E-state index is 14.7. The van der Waals surface area contributed by atoms with Gasteiger partial charge < -0.3 is 9.80 Å². The van der Waals surface area contributed by atoms with Crippen LogP contribution in [0.5, 0.6) is 0 Å². The Morgan fingerprint density at radius 2 is 1.96 bits per heavy atom. The number of likely N-dealkylation sites (tertiary alicyclic amines) is 1. The van der Waals surface area contributed by atoms with Gasteiger partial charge in [-0.25, -0.2) is 9.07 Å². The standard InChI is InChI=1S/C19H20F4N4O/c1-25-8-6-14-16(11-25)27(24-18(14)19(21,22)23)13-5-4-12(15(20)9-13)10-26-7-2-3-17(26)28/h4-5,9H,2-3,6-8,10-11H2,1H3. The Hall–Kier alpha value is -2.42. The summed E-state index contributed by atoms with van der Waals surface area (Å²) in [4.78, 5) is 15.2. The number of nitrogens with zero attached hydrogens (tertiary/aromatic N) is 4. The van der Waals surface area contributed by atoms with Gasteiger partial charge in [-0.2, -0.15) is 18.3 Å². The molecule has 9 heteroatoms. The van der Waals surface area contributed by atoms with Crippen molar-refractivity contribution in [2.45, 2.75) is 38.5 Å². The average molecular weight is 396 g/mol. The molecule has 1 saturated heterocycles. The van der Waals surface area contributed by atoms with E-state index in [1.54, 1.807) is 11.0 Å². The molecule has 1 fully saturated rings. The highest BCUT2D eigenvalue weighted by atomic mass is 19.4. The van der Waals surface area contributed by atoms with Crippen LogP contribution in [0.3, 0.4) is 0 Å². The fourth-order valence-corrected chi connectivity index (χ4v) is 3.86. The van der Waals surface area contributed by atoms with Crippen LogP contribution in [0.1, 0.15) is 35.4 Å². The van der Waals surface area contributed by atoms with Crippen LogP contribution in [-0.4, -0.2) is 45.6 Å². The number of halogens is 4. The Labute approximate surface area is 159 Å². The van der Waals surface area contributed by atoms with Crippen LogP contribution in [0.4, 0.5) is 17.6 Å². The summed E-state index contributed by atoms with van der Waals surface area (Å²) in [6.07, 6.45) is -3.09. The van der Waals surface area contributed by atoms with Crippen LogP contribution in [-0.2, 0) is 30.5 Å². The number of amides is 1. The number of hydrogen-bond acceptors (Lipinski definition) is 3. The van der Waals surface area contributed by atoms with Crippen LogP contribution in [0.2, 0.25) is 0 Å². The second-order valence-electron chi connectivity index (χ2n) is 7.37. The number of carbonyl (C=O) groups is 1. The zero-order chi connectivity index (χ0) is 20.1. The molecule has 2 aliphatic heterocycles. The molecule has 2 aromatic rings. The number of alkyl halides is 3. The average Bonchev–Trinajstić information content (AvgIpc) is 3.20. The molecule has 28 heavy (non-hydrogen) atoms. The minimum atomic E-state index is -4.56. The summed E-state index contributed by atoms with van der Waals surface area (Å²) in [6.45, 7) is 1.58. The lowest BCUT2D eigenvalue weighted by atomic mass is 10.0. The van der Waals surface area contributed by atoms with Crippen molar-refractivity contribution < 1.29 is 22.4 Å². The van der Waals surface area contributed by atoms with Gasteiger partial charge >= 0.3 is 6.18 Å². The zero-order valence-electron chi connectivity index (χ0n) is 15.4. The summed E-state index contributed by atoms with van der Waals surface area (Å²) in [5.41, 5.74) is 0.299. The van der Waals surface area contributed by atoms with Crippen molar-refractivity contribution in [1.82, 2.24) is 19.6 Å². The summed E-state index contributed by atoms with van der Waals surface area (Å²) in [7, 11) is 1.82. The number of likely N-dealkylation sites (N-methyl/N-ethyl adjacent to an activating group) is 1. The van der Waals surface area contributed by atoms with Crippen molar-refractivity contribution in [1.29, 1.82) is 0 Å². The normalized spacial score (nSPS) is 18.0. The third-order valence-corrected chi connectivity index (χ3v) is 5.34. The van der Waals surface area contributed by atoms with E-state index in [0.717, 1.165) is 6.42 Å². The highest BCUT2D eigenvalue weighted by Crippen LogP contribution is 2.36. The largest absolute Gasteiger partial charge is 0.435 e. The van der Waals surface area contributed by atoms with Gasteiger partial charge in [0.2, 0.25) is 5.91 Å².